The number of rotatable bonds is 5. The minimum atomic E-state index is -2.77. The van der Waals surface area contributed by atoms with E-state index in [0.717, 1.165) is 32.4 Å². The average Bonchev–Trinajstić information content (AvgIpc) is 3.09. The van der Waals surface area contributed by atoms with E-state index in [1.807, 2.05) is 54.2 Å². The molecule has 4 rings (SSSR count). The maximum absolute atomic E-state index is 12.8. The van der Waals surface area contributed by atoms with Gasteiger partial charge in [-0.25, -0.2) is 13.8 Å². The molecule has 0 radical (unpaired) electrons. The van der Waals surface area contributed by atoms with E-state index in [1.165, 1.54) is 0 Å². The van der Waals surface area contributed by atoms with Gasteiger partial charge in [-0.3, -0.25) is 0 Å². The molecule has 1 N–H and O–H groups in total. The average molecular weight is 433 g/mol. The number of allylic oxidation sites excluding steroid dienone is 3. The number of fused-ring (bicyclic) bond motifs is 1. The van der Waals surface area contributed by atoms with E-state index in [2.05, 4.69) is 0 Å². The predicted octanol–water partition coefficient (Wildman–Crippen LogP) is 6.06. The molecule has 3 aliphatic rings. The largest absolute Gasteiger partial charge is 0.383 e. The van der Waals surface area contributed by atoms with Crippen molar-refractivity contribution in [1.82, 2.24) is 9.55 Å². The molecule has 1 aromatic carbocycles. The summed E-state index contributed by atoms with van der Waals surface area (Å²) in [5.41, 5.74) is 3.22. The SMILES string of the molecule is Cn1cccc2c(Sc3ccc(Cl)cc3)c(C3=CC=C(C(O)C(F)F)CC3)nc1-2. The fourth-order valence-corrected chi connectivity index (χ4v) is 4.58. The van der Waals surface area contributed by atoms with Crippen molar-refractivity contribution in [2.24, 2.45) is 7.05 Å². The van der Waals surface area contributed by atoms with Crippen LogP contribution in [-0.4, -0.2) is 27.2 Å². The number of nitrogens with zero attached hydrogens (tertiary/aromatic N) is 2. The number of aryl methyl sites for hydroxylation is 1. The standard InChI is InChI=1S/C22H19ClF2N2OS/c1-27-12-2-3-17-20(29-16-10-8-15(23)9-11-16)18(26-22(17)27)13-4-6-14(7-5-13)19(28)21(24)25/h2-4,6,8-12,19,21,28H,5,7H2,1H3. The van der Waals surface area contributed by atoms with Crippen molar-refractivity contribution in [3.05, 3.63) is 71.0 Å². The Kier molecular flexibility index (Phi) is 5.76. The van der Waals surface area contributed by atoms with E-state index in [0.29, 0.717) is 23.4 Å². The van der Waals surface area contributed by atoms with Gasteiger partial charge in [0.2, 0.25) is 0 Å². The van der Waals surface area contributed by atoms with Gasteiger partial charge in [-0.15, -0.1) is 0 Å². The van der Waals surface area contributed by atoms with Gasteiger partial charge < -0.3 is 9.67 Å². The van der Waals surface area contributed by atoms with Crippen LogP contribution in [0.15, 0.2) is 70.1 Å². The lowest BCUT2D eigenvalue weighted by molar-refractivity contribution is 0.0157. The molecule has 0 amide bonds. The van der Waals surface area contributed by atoms with Crippen LogP contribution in [0.5, 0.6) is 0 Å². The second kappa shape index (κ2) is 8.30. The number of aliphatic hydroxyl groups excluding tert-OH is 1. The molecule has 0 spiro atoms. The molecule has 1 aromatic rings. The van der Waals surface area contributed by atoms with Crippen molar-refractivity contribution >= 4 is 28.9 Å². The quantitative estimate of drug-likeness (QED) is 0.532. The van der Waals surface area contributed by atoms with Crippen LogP contribution in [0.2, 0.25) is 5.02 Å². The summed E-state index contributed by atoms with van der Waals surface area (Å²) in [7, 11) is 1.95. The highest BCUT2D eigenvalue weighted by atomic mass is 35.5. The molecule has 0 aromatic heterocycles. The van der Waals surface area contributed by atoms with Crippen LogP contribution in [0.4, 0.5) is 8.78 Å². The van der Waals surface area contributed by atoms with E-state index in [4.69, 9.17) is 16.6 Å². The molecule has 150 valence electrons. The summed E-state index contributed by atoms with van der Waals surface area (Å²) in [5, 5.41) is 10.3. The van der Waals surface area contributed by atoms with Gasteiger partial charge in [-0.1, -0.05) is 35.5 Å². The van der Waals surface area contributed by atoms with Gasteiger partial charge in [0.1, 0.15) is 11.9 Å². The van der Waals surface area contributed by atoms with Crippen molar-refractivity contribution in [3.8, 4) is 11.4 Å². The van der Waals surface area contributed by atoms with Crippen molar-refractivity contribution in [2.75, 3.05) is 0 Å². The Labute approximate surface area is 177 Å². The third-order valence-corrected chi connectivity index (χ3v) is 6.34. The van der Waals surface area contributed by atoms with Crippen LogP contribution in [0.1, 0.15) is 18.5 Å². The molecule has 3 nitrogen and oxygen atoms in total. The third kappa shape index (κ3) is 4.10. The molecule has 7 heteroatoms. The zero-order valence-corrected chi connectivity index (χ0v) is 17.2. The number of aliphatic hydroxyl groups is 1. The van der Waals surface area contributed by atoms with Gasteiger partial charge in [0, 0.05) is 33.6 Å². The Morgan fingerprint density at radius 3 is 2.55 bits per heavy atom. The van der Waals surface area contributed by atoms with E-state index in [9.17, 15) is 13.9 Å². The summed E-state index contributed by atoms with van der Waals surface area (Å²) in [5.74, 6) is 0.863. The smallest absolute Gasteiger partial charge is 0.267 e. The van der Waals surface area contributed by atoms with Gasteiger partial charge >= 0.3 is 0 Å². The predicted molar refractivity (Wildman–Crippen MR) is 113 cm³/mol. The van der Waals surface area contributed by atoms with Crippen LogP contribution in [0.3, 0.4) is 0 Å². The van der Waals surface area contributed by atoms with Crippen molar-refractivity contribution in [2.45, 2.75) is 35.2 Å². The first-order valence-corrected chi connectivity index (χ1v) is 10.4. The summed E-state index contributed by atoms with van der Waals surface area (Å²) < 4.78 is 27.6. The first-order chi connectivity index (χ1) is 13.9. The zero-order valence-electron chi connectivity index (χ0n) is 15.6. The van der Waals surface area contributed by atoms with Gasteiger partial charge in [0.25, 0.3) is 6.43 Å². The highest BCUT2D eigenvalue weighted by Gasteiger charge is 2.27. The summed E-state index contributed by atoms with van der Waals surface area (Å²) in [6.07, 6.45) is 1.81. The zero-order chi connectivity index (χ0) is 20.5. The first-order valence-electron chi connectivity index (χ1n) is 9.18. The number of hydrogen-bond donors (Lipinski definition) is 1. The maximum atomic E-state index is 12.8. The van der Waals surface area contributed by atoms with Crippen molar-refractivity contribution < 1.29 is 13.9 Å². The van der Waals surface area contributed by atoms with Crippen molar-refractivity contribution in [1.29, 1.82) is 0 Å². The molecule has 2 heterocycles. The van der Waals surface area contributed by atoms with Crippen LogP contribution in [0, 0.1) is 0 Å². The molecule has 2 aliphatic heterocycles. The molecule has 29 heavy (non-hydrogen) atoms. The first kappa shape index (κ1) is 20.1. The number of pyridine rings is 1. The normalized spacial score (nSPS) is 15.5. The molecule has 1 unspecified atom stereocenters. The van der Waals surface area contributed by atoms with Crippen LogP contribution >= 0.6 is 23.4 Å². The molecular weight excluding hydrogens is 414 g/mol. The summed E-state index contributed by atoms with van der Waals surface area (Å²) in [6.45, 7) is 0. The second-order valence-electron chi connectivity index (χ2n) is 6.91. The Morgan fingerprint density at radius 1 is 1.14 bits per heavy atom. The van der Waals surface area contributed by atoms with Gasteiger partial charge in [-0.05, 0) is 60.4 Å². The summed E-state index contributed by atoms with van der Waals surface area (Å²) in [4.78, 5) is 6.93. The third-order valence-electron chi connectivity index (χ3n) is 4.96. The lowest BCUT2D eigenvalue weighted by Crippen LogP contribution is -2.21. The number of benzene rings is 1. The molecule has 0 bridgehead atoms. The van der Waals surface area contributed by atoms with E-state index in [-0.39, 0.29) is 0 Å². The maximum Gasteiger partial charge on any atom is 0.267 e. The van der Waals surface area contributed by atoms with E-state index in [1.54, 1.807) is 23.9 Å². The Morgan fingerprint density at radius 2 is 1.90 bits per heavy atom. The number of alkyl halides is 2. The fraction of sp³-hybridized carbons (Fsp3) is 0.227. The van der Waals surface area contributed by atoms with Gasteiger partial charge in [-0.2, -0.15) is 0 Å². The summed E-state index contributed by atoms with van der Waals surface area (Å²) in [6, 6.07) is 11.6. The molecule has 1 aliphatic carbocycles. The molecule has 0 saturated heterocycles. The van der Waals surface area contributed by atoms with Gasteiger partial charge in [0.05, 0.1) is 5.69 Å². The topological polar surface area (TPSA) is 38.0 Å². The summed E-state index contributed by atoms with van der Waals surface area (Å²) >= 11 is 7.62. The minimum absolute atomic E-state index is 0.359. The molecule has 0 saturated carbocycles. The number of hydrogen-bond acceptors (Lipinski definition) is 3. The van der Waals surface area contributed by atoms with Crippen molar-refractivity contribution in [3.63, 3.8) is 0 Å². The fourth-order valence-electron chi connectivity index (χ4n) is 3.40. The minimum Gasteiger partial charge on any atom is -0.383 e. The van der Waals surface area contributed by atoms with Crippen LogP contribution in [-0.2, 0) is 7.05 Å². The van der Waals surface area contributed by atoms with E-state index < -0.39 is 12.5 Å². The second-order valence-corrected chi connectivity index (χ2v) is 8.43. The Hall–Kier alpha value is -2.15. The van der Waals surface area contributed by atoms with E-state index >= 15 is 0 Å². The molecule has 0 fully saturated rings. The Bertz CT molecular complexity index is 1060. The highest BCUT2D eigenvalue weighted by Crippen LogP contribution is 2.44. The molecule has 1 atom stereocenters. The lowest BCUT2D eigenvalue weighted by Gasteiger charge is -2.18. The number of aromatic nitrogens is 2. The highest BCUT2D eigenvalue weighted by molar-refractivity contribution is 7.99. The number of halogens is 3. The van der Waals surface area contributed by atoms with Crippen LogP contribution in [0.25, 0.3) is 17.0 Å². The monoisotopic (exact) mass is 432 g/mol. The Balaban J connectivity index is 1.76. The van der Waals surface area contributed by atoms with Crippen LogP contribution < -0.4 is 0 Å². The molecular formula is C22H19ClF2N2OS. The lowest BCUT2D eigenvalue weighted by atomic mass is 9.93. The van der Waals surface area contributed by atoms with Gasteiger partial charge in [0.15, 0.2) is 0 Å².